The van der Waals surface area contributed by atoms with E-state index in [0.717, 1.165) is 5.56 Å². The van der Waals surface area contributed by atoms with Crippen molar-refractivity contribution in [3.05, 3.63) is 35.4 Å². The van der Waals surface area contributed by atoms with E-state index in [-0.39, 0.29) is 11.9 Å². The van der Waals surface area contributed by atoms with E-state index in [9.17, 15) is 4.79 Å². The fourth-order valence-corrected chi connectivity index (χ4v) is 1.78. The highest BCUT2D eigenvalue weighted by Gasteiger charge is 2.26. The first-order valence-corrected chi connectivity index (χ1v) is 4.60. The fourth-order valence-electron chi connectivity index (χ4n) is 1.78. The quantitative estimate of drug-likeness (QED) is 0.641. The van der Waals surface area contributed by atoms with Gasteiger partial charge in [-0.25, -0.2) is 0 Å². The second-order valence-corrected chi connectivity index (χ2v) is 3.64. The van der Waals surface area contributed by atoms with Crippen LogP contribution >= 0.6 is 0 Å². The summed E-state index contributed by atoms with van der Waals surface area (Å²) in [5, 5.41) is 2.95. The zero-order chi connectivity index (χ0) is 9.42. The minimum atomic E-state index is 0.0567. The number of nitrogens with one attached hydrogen (secondary N) is 1. The van der Waals surface area contributed by atoms with Crippen molar-refractivity contribution in [3.8, 4) is 0 Å². The first-order valence-electron chi connectivity index (χ1n) is 4.60. The van der Waals surface area contributed by atoms with Crippen LogP contribution in [-0.4, -0.2) is 11.9 Å². The van der Waals surface area contributed by atoms with Crippen molar-refractivity contribution in [1.29, 1.82) is 0 Å². The third-order valence-electron chi connectivity index (χ3n) is 2.80. The van der Waals surface area contributed by atoms with Crippen LogP contribution in [0.4, 0.5) is 0 Å². The van der Waals surface area contributed by atoms with E-state index in [1.807, 2.05) is 31.2 Å². The minimum Gasteiger partial charge on any atom is -0.349 e. The van der Waals surface area contributed by atoms with Crippen LogP contribution in [0.5, 0.6) is 0 Å². The first kappa shape index (κ1) is 8.30. The van der Waals surface area contributed by atoms with E-state index in [0.29, 0.717) is 5.92 Å². The Bertz CT molecular complexity index is 346. The fraction of sp³-hybridized carbons (Fsp3) is 0.364. The van der Waals surface area contributed by atoms with Crippen molar-refractivity contribution in [3.63, 3.8) is 0 Å². The van der Waals surface area contributed by atoms with Crippen molar-refractivity contribution >= 4 is 5.91 Å². The lowest BCUT2D eigenvalue weighted by atomic mass is 9.87. The minimum absolute atomic E-state index is 0.0567. The second kappa shape index (κ2) is 2.87. The molecule has 0 bridgehead atoms. The van der Waals surface area contributed by atoms with E-state index in [4.69, 9.17) is 0 Å². The molecule has 1 amide bonds. The van der Waals surface area contributed by atoms with Crippen LogP contribution in [0.2, 0.25) is 0 Å². The van der Waals surface area contributed by atoms with Crippen LogP contribution in [0.3, 0.4) is 0 Å². The molecule has 1 aromatic carbocycles. The molecule has 13 heavy (non-hydrogen) atoms. The molecule has 2 rings (SSSR count). The molecular weight excluding hydrogens is 162 g/mol. The molecule has 1 N–H and O–H groups in total. The van der Waals surface area contributed by atoms with E-state index < -0.39 is 0 Å². The largest absolute Gasteiger partial charge is 0.349 e. The van der Waals surface area contributed by atoms with Crippen molar-refractivity contribution in [2.24, 2.45) is 0 Å². The molecule has 2 unspecified atom stereocenters. The van der Waals surface area contributed by atoms with E-state index in [2.05, 4.69) is 12.2 Å². The summed E-state index contributed by atoms with van der Waals surface area (Å²) in [6, 6.07) is 8.05. The predicted octanol–water partition coefficient (Wildman–Crippen LogP) is 1.92. The summed E-state index contributed by atoms with van der Waals surface area (Å²) in [5.74, 6) is 0.468. The van der Waals surface area contributed by atoms with E-state index in [1.54, 1.807) is 0 Å². The third kappa shape index (κ3) is 1.22. The van der Waals surface area contributed by atoms with Gasteiger partial charge in [-0.2, -0.15) is 0 Å². The van der Waals surface area contributed by atoms with Crippen molar-refractivity contribution < 1.29 is 4.79 Å². The maximum absolute atomic E-state index is 11.5. The van der Waals surface area contributed by atoms with Gasteiger partial charge >= 0.3 is 0 Å². The maximum atomic E-state index is 11.5. The zero-order valence-corrected chi connectivity index (χ0v) is 7.87. The molecule has 1 aliphatic rings. The smallest absolute Gasteiger partial charge is 0.251 e. The van der Waals surface area contributed by atoms with E-state index in [1.165, 1.54) is 5.56 Å². The van der Waals surface area contributed by atoms with Gasteiger partial charge in [0.1, 0.15) is 0 Å². The Morgan fingerprint density at radius 1 is 1.23 bits per heavy atom. The molecule has 0 saturated carbocycles. The SMILES string of the molecule is CC1NC(=O)c2ccccc2C1C. The highest BCUT2D eigenvalue weighted by atomic mass is 16.1. The molecule has 1 aromatic rings. The van der Waals surface area contributed by atoms with Gasteiger partial charge in [-0.05, 0) is 18.6 Å². The molecule has 0 radical (unpaired) electrons. The van der Waals surface area contributed by atoms with Crippen LogP contribution in [0.15, 0.2) is 24.3 Å². The molecule has 2 heteroatoms. The van der Waals surface area contributed by atoms with Gasteiger partial charge in [0.15, 0.2) is 0 Å². The van der Waals surface area contributed by atoms with Gasteiger partial charge in [0, 0.05) is 17.5 Å². The number of hydrogen-bond donors (Lipinski definition) is 1. The Hall–Kier alpha value is -1.31. The lowest BCUT2D eigenvalue weighted by molar-refractivity contribution is 0.0921. The van der Waals surface area contributed by atoms with Crippen LogP contribution < -0.4 is 5.32 Å². The Balaban J connectivity index is 2.53. The van der Waals surface area contributed by atoms with E-state index >= 15 is 0 Å². The predicted molar refractivity (Wildman–Crippen MR) is 51.8 cm³/mol. The zero-order valence-electron chi connectivity index (χ0n) is 7.87. The average molecular weight is 175 g/mol. The van der Waals surface area contributed by atoms with Crippen LogP contribution in [0.1, 0.15) is 35.7 Å². The summed E-state index contributed by atoms with van der Waals surface area (Å²) in [4.78, 5) is 11.5. The number of rotatable bonds is 0. The average Bonchev–Trinajstić information content (AvgIpc) is 2.15. The summed E-state index contributed by atoms with van der Waals surface area (Å²) in [6.45, 7) is 4.18. The summed E-state index contributed by atoms with van der Waals surface area (Å²) in [6.07, 6.45) is 0. The molecule has 2 nitrogen and oxygen atoms in total. The molecule has 0 saturated heterocycles. The number of fused-ring (bicyclic) bond motifs is 1. The monoisotopic (exact) mass is 175 g/mol. The summed E-state index contributed by atoms with van der Waals surface area (Å²) < 4.78 is 0. The maximum Gasteiger partial charge on any atom is 0.251 e. The standard InChI is InChI=1S/C11H13NO/c1-7-8(2)12-11(13)10-6-4-3-5-9(7)10/h3-8H,1-2H3,(H,12,13). The summed E-state index contributed by atoms with van der Waals surface area (Å²) in [5.41, 5.74) is 1.99. The van der Waals surface area contributed by atoms with Crippen LogP contribution in [0, 0.1) is 0 Å². The van der Waals surface area contributed by atoms with Gasteiger partial charge in [0.25, 0.3) is 5.91 Å². The number of carbonyl (C=O) groups excluding carboxylic acids is 1. The number of hydrogen-bond acceptors (Lipinski definition) is 1. The van der Waals surface area contributed by atoms with Crippen LogP contribution in [0.25, 0.3) is 0 Å². The van der Waals surface area contributed by atoms with Crippen LogP contribution in [-0.2, 0) is 0 Å². The van der Waals surface area contributed by atoms with Gasteiger partial charge in [-0.1, -0.05) is 25.1 Å². The van der Waals surface area contributed by atoms with Gasteiger partial charge in [0.2, 0.25) is 0 Å². The molecule has 0 aromatic heterocycles. The molecular formula is C11H13NO. The Morgan fingerprint density at radius 3 is 2.69 bits per heavy atom. The summed E-state index contributed by atoms with van der Waals surface area (Å²) >= 11 is 0. The highest BCUT2D eigenvalue weighted by molar-refractivity contribution is 5.97. The Labute approximate surface area is 78.0 Å². The molecule has 68 valence electrons. The summed E-state index contributed by atoms with van der Waals surface area (Å²) in [7, 11) is 0. The lowest BCUT2D eigenvalue weighted by Crippen LogP contribution is -2.41. The Kier molecular flexibility index (Phi) is 1.83. The van der Waals surface area contributed by atoms with Crippen molar-refractivity contribution in [1.82, 2.24) is 5.32 Å². The lowest BCUT2D eigenvalue weighted by Gasteiger charge is -2.28. The molecule has 0 fully saturated rings. The third-order valence-corrected chi connectivity index (χ3v) is 2.80. The van der Waals surface area contributed by atoms with Gasteiger partial charge in [-0.3, -0.25) is 4.79 Å². The van der Waals surface area contributed by atoms with Gasteiger partial charge < -0.3 is 5.32 Å². The van der Waals surface area contributed by atoms with Gasteiger partial charge in [-0.15, -0.1) is 0 Å². The molecule has 1 aliphatic heterocycles. The molecule has 0 aliphatic carbocycles. The molecule has 0 spiro atoms. The van der Waals surface area contributed by atoms with Gasteiger partial charge in [0.05, 0.1) is 0 Å². The number of benzene rings is 1. The van der Waals surface area contributed by atoms with Crippen molar-refractivity contribution in [2.75, 3.05) is 0 Å². The topological polar surface area (TPSA) is 29.1 Å². The molecule has 2 atom stereocenters. The number of amides is 1. The normalized spacial score (nSPS) is 26.5. The van der Waals surface area contributed by atoms with Crippen molar-refractivity contribution in [2.45, 2.75) is 25.8 Å². The first-order chi connectivity index (χ1) is 6.20. The second-order valence-electron chi connectivity index (χ2n) is 3.64. The highest BCUT2D eigenvalue weighted by Crippen LogP contribution is 2.26. The number of carbonyl (C=O) groups is 1. The molecule has 1 heterocycles. The Morgan fingerprint density at radius 2 is 1.92 bits per heavy atom.